The lowest BCUT2D eigenvalue weighted by atomic mass is 10.1. The SMILES string of the molecule is COc1ccc(F)cc1CC(O)CN. The quantitative estimate of drug-likeness (QED) is 0.750. The Labute approximate surface area is 82.3 Å². The van der Waals surface area contributed by atoms with Gasteiger partial charge in [-0.1, -0.05) is 0 Å². The molecule has 0 aliphatic heterocycles. The van der Waals surface area contributed by atoms with Crippen LogP contribution in [0.15, 0.2) is 18.2 Å². The summed E-state index contributed by atoms with van der Waals surface area (Å²) >= 11 is 0. The van der Waals surface area contributed by atoms with Gasteiger partial charge < -0.3 is 15.6 Å². The monoisotopic (exact) mass is 199 g/mol. The molecule has 1 atom stereocenters. The standard InChI is InChI=1S/C10H14FNO2/c1-14-10-3-2-8(11)4-7(10)5-9(13)6-12/h2-4,9,13H,5-6,12H2,1H3. The van der Waals surface area contributed by atoms with Crippen molar-refractivity contribution in [3.8, 4) is 5.75 Å². The van der Waals surface area contributed by atoms with Gasteiger partial charge in [0.05, 0.1) is 13.2 Å². The summed E-state index contributed by atoms with van der Waals surface area (Å²) < 4.78 is 17.9. The summed E-state index contributed by atoms with van der Waals surface area (Å²) in [5.41, 5.74) is 5.89. The van der Waals surface area contributed by atoms with Crippen molar-refractivity contribution in [2.24, 2.45) is 5.73 Å². The summed E-state index contributed by atoms with van der Waals surface area (Å²) in [4.78, 5) is 0. The molecule has 0 heterocycles. The molecule has 0 aliphatic carbocycles. The van der Waals surface area contributed by atoms with Crippen molar-refractivity contribution >= 4 is 0 Å². The Bertz CT molecular complexity index is 304. The van der Waals surface area contributed by atoms with Gasteiger partial charge in [0.1, 0.15) is 11.6 Å². The summed E-state index contributed by atoms with van der Waals surface area (Å²) in [6.07, 6.45) is -0.358. The molecule has 78 valence electrons. The molecular weight excluding hydrogens is 185 g/mol. The maximum absolute atomic E-state index is 12.9. The predicted octanol–water partition coefficient (Wildman–Crippen LogP) is 0.696. The molecule has 0 aliphatic rings. The van der Waals surface area contributed by atoms with Crippen molar-refractivity contribution in [3.05, 3.63) is 29.6 Å². The number of aliphatic hydroxyl groups is 1. The average molecular weight is 199 g/mol. The van der Waals surface area contributed by atoms with Crippen LogP contribution in [0.4, 0.5) is 4.39 Å². The van der Waals surface area contributed by atoms with Gasteiger partial charge in [-0.3, -0.25) is 0 Å². The zero-order valence-electron chi connectivity index (χ0n) is 8.03. The van der Waals surface area contributed by atoms with Gasteiger partial charge in [-0.05, 0) is 23.8 Å². The molecule has 1 unspecified atom stereocenters. The third-order valence-electron chi connectivity index (χ3n) is 1.97. The molecule has 0 saturated heterocycles. The molecule has 0 bridgehead atoms. The van der Waals surface area contributed by atoms with Gasteiger partial charge >= 0.3 is 0 Å². The van der Waals surface area contributed by atoms with Gasteiger partial charge in [0.2, 0.25) is 0 Å². The van der Waals surface area contributed by atoms with Crippen LogP contribution in [0.5, 0.6) is 5.75 Å². The number of hydrogen-bond acceptors (Lipinski definition) is 3. The highest BCUT2D eigenvalue weighted by Gasteiger charge is 2.09. The Morgan fingerprint density at radius 3 is 2.86 bits per heavy atom. The van der Waals surface area contributed by atoms with Crippen molar-refractivity contribution in [2.45, 2.75) is 12.5 Å². The third-order valence-corrected chi connectivity index (χ3v) is 1.97. The summed E-state index contributed by atoms with van der Waals surface area (Å²) in [5, 5.41) is 9.32. The molecule has 1 aromatic carbocycles. The number of ether oxygens (including phenoxy) is 1. The first-order valence-corrected chi connectivity index (χ1v) is 4.38. The van der Waals surface area contributed by atoms with Crippen LogP contribution in [-0.2, 0) is 6.42 Å². The molecule has 4 heteroatoms. The lowest BCUT2D eigenvalue weighted by Crippen LogP contribution is -2.22. The zero-order valence-corrected chi connectivity index (χ0v) is 8.03. The van der Waals surface area contributed by atoms with Crippen LogP contribution in [0.2, 0.25) is 0 Å². The maximum Gasteiger partial charge on any atom is 0.123 e. The zero-order chi connectivity index (χ0) is 10.6. The van der Waals surface area contributed by atoms with E-state index in [4.69, 9.17) is 10.5 Å². The first-order chi connectivity index (χ1) is 6.67. The maximum atomic E-state index is 12.9. The second-order valence-corrected chi connectivity index (χ2v) is 3.05. The van der Waals surface area contributed by atoms with E-state index in [9.17, 15) is 9.50 Å². The van der Waals surface area contributed by atoms with Gasteiger partial charge in [-0.25, -0.2) is 4.39 Å². The Kier molecular flexibility index (Phi) is 3.85. The molecule has 14 heavy (non-hydrogen) atoms. The fourth-order valence-electron chi connectivity index (χ4n) is 1.24. The van der Waals surface area contributed by atoms with Gasteiger partial charge in [-0.15, -0.1) is 0 Å². The first-order valence-electron chi connectivity index (χ1n) is 4.38. The molecule has 3 nitrogen and oxygen atoms in total. The van der Waals surface area contributed by atoms with E-state index in [0.717, 1.165) is 0 Å². The molecule has 0 radical (unpaired) electrons. The Hall–Kier alpha value is -1.13. The van der Waals surface area contributed by atoms with Gasteiger partial charge in [-0.2, -0.15) is 0 Å². The minimum Gasteiger partial charge on any atom is -0.496 e. The summed E-state index contributed by atoms with van der Waals surface area (Å²) in [7, 11) is 1.51. The minimum absolute atomic E-state index is 0.152. The summed E-state index contributed by atoms with van der Waals surface area (Å²) in [5.74, 6) is 0.226. The predicted molar refractivity (Wildman–Crippen MR) is 51.7 cm³/mol. The van der Waals surface area contributed by atoms with Gasteiger partial charge in [0.15, 0.2) is 0 Å². The van der Waals surface area contributed by atoms with E-state index in [1.807, 2.05) is 0 Å². The van der Waals surface area contributed by atoms with E-state index in [1.165, 1.54) is 25.3 Å². The van der Waals surface area contributed by atoms with Crippen LogP contribution >= 0.6 is 0 Å². The van der Waals surface area contributed by atoms with Crippen molar-refractivity contribution < 1.29 is 14.2 Å². The van der Waals surface area contributed by atoms with Crippen LogP contribution in [0.1, 0.15) is 5.56 Å². The van der Waals surface area contributed by atoms with E-state index in [0.29, 0.717) is 17.7 Å². The van der Waals surface area contributed by atoms with Gasteiger partial charge in [0.25, 0.3) is 0 Å². The fraction of sp³-hybridized carbons (Fsp3) is 0.400. The largest absolute Gasteiger partial charge is 0.496 e. The average Bonchev–Trinajstić information content (AvgIpc) is 2.18. The highest BCUT2D eigenvalue weighted by Crippen LogP contribution is 2.20. The Balaban J connectivity index is 2.87. The highest BCUT2D eigenvalue weighted by molar-refractivity contribution is 5.34. The number of halogens is 1. The molecule has 1 aromatic rings. The van der Waals surface area contributed by atoms with E-state index < -0.39 is 6.10 Å². The molecule has 0 amide bonds. The second-order valence-electron chi connectivity index (χ2n) is 3.05. The van der Waals surface area contributed by atoms with Crippen LogP contribution < -0.4 is 10.5 Å². The van der Waals surface area contributed by atoms with Gasteiger partial charge in [0, 0.05) is 13.0 Å². The van der Waals surface area contributed by atoms with E-state index in [1.54, 1.807) is 0 Å². The Morgan fingerprint density at radius 1 is 1.57 bits per heavy atom. The smallest absolute Gasteiger partial charge is 0.123 e. The lowest BCUT2D eigenvalue weighted by molar-refractivity contribution is 0.182. The molecule has 0 spiro atoms. The number of methoxy groups -OCH3 is 1. The number of benzene rings is 1. The molecular formula is C10H14FNO2. The van der Waals surface area contributed by atoms with E-state index in [-0.39, 0.29) is 12.4 Å². The number of hydrogen-bond donors (Lipinski definition) is 2. The van der Waals surface area contributed by atoms with Crippen LogP contribution in [0, 0.1) is 5.82 Å². The van der Waals surface area contributed by atoms with E-state index in [2.05, 4.69) is 0 Å². The number of rotatable bonds is 4. The Morgan fingerprint density at radius 2 is 2.29 bits per heavy atom. The minimum atomic E-state index is -0.661. The van der Waals surface area contributed by atoms with Crippen LogP contribution in [0.25, 0.3) is 0 Å². The fourth-order valence-corrected chi connectivity index (χ4v) is 1.24. The normalized spacial score (nSPS) is 12.6. The molecule has 3 N–H and O–H groups in total. The van der Waals surface area contributed by atoms with Crippen molar-refractivity contribution in [2.75, 3.05) is 13.7 Å². The summed E-state index contributed by atoms with van der Waals surface area (Å²) in [6.45, 7) is 0.152. The molecule has 0 fully saturated rings. The molecule has 0 saturated carbocycles. The highest BCUT2D eigenvalue weighted by atomic mass is 19.1. The van der Waals surface area contributed by atoms with Crippen LogP contribution in [-0.4, -0.2) is 24.9 Å². The molecule has 0 aromatic heterocycles. The van der Waals surface area contributed by atoms with Crippen molar-refractivity contribution in [1.29, 1.82) is 0 Å². The summed E-state index contributed by atoms with van der Waals surface area (Å²) in [6, 6.07) is 4.20. The third kappa shape index (κ3) is 2.68. The van der Waals surface area contributed by atoms with Crippen molar-refractivity contribution in [3.63, 3.8) is 0 Å². The van der Waals surface area contributed by atoms with Crippen LogP contribution in [0.3, 0.4) is 0 Å². The van der Waals surface area contributed by atoms with Crippen molar-refractivity contribution in [1.82, 2.24) is 0 Å². The first kappa shape index (κ1) is 10.9. The number of nitrogens with two attached hydrogens (primary N) is 1. The second kappa shape index (κ2) is 4.93. The number of aliphatic hydroxyl groups excluding tert-OH is 1. The topological polar surface area (TPSA) is 55.5 Å². The molecule has 1 rings (SSSR count). The lowest BCUT2D eigenvalue weighted by Gasteiger charge is -2.11. The van der Waals surface area contributed by atoms with E-state index >= 15 is 0 Å².